The van der Waals surface area contributed by atoms with Crippen LogP contribution in [0.3, 0.4) is 0 Å². The number of methoxy groups -OCH3 is 1. The summed E-state index contributed by atoms with van der Waals surface area (Å²) in [7, 11) is 1.56. The number of nitrogens with zero attached hydrogens (tertiary/aromatic N) is 1. The van der Waals surface area contributed by atoms with Crippen LogP contribution in [0.2, 0.25) is 0 Å². The van der Waals surface area contributed by atoms with E-state index >= 15 is 0 Å². The van der Waals surface area contributed by atoms with Crippen molar-refractivity contribution in [3.63, 3.8) is 0 Å². The van der Waals surface area contributed by atoms with Crippen LogP contribution in [0.15, 0.2) is 12.1 Å². The largest absolute Gasteiger partial charge is 0.476 e. The molecule has 1 aromatic rings. The molecule has 0 aromatic carbocycles. The summed E-state index contributed by atoms with van der Waals surface area (Å²) in [4.78, 5) is 4.38. The van der Waals surface area contributed by atoms with E-state index in [9.17, 15) is 0 Å². The van der Waals surface area contributed by atoms with Gasteiger partial charge in [-0.05, 0) is 12.0 Å². The van der Waals surface area contributed by atoms with E-state index in [2.05, 4.69) is 18.8 Å². The molecule has 4 nitrogen and oxygen atoms in total. The van der Waals surface area contributed by atoms with Gasteiger partial charge >= 0.3 is 7.48 Å². The van der Waals surface area contributed by atoms with E-state index in [0.717, 1.165) is 5.69 Å². The number of aromatic nitrogens is 1. The van der Waals surface area contributed by atoms with E-state index in [1.54, 1.807) is 7.11 Å². The zero-order valence-corrected chi connectivity index (χ0v) is 10.1. The van der Waals surface area contributed by atoms with Gasteiger partial charge in [0.05, 0.1) is 6.61 Å². The molecule has 0 bridgehead atoms. The summed E-state index contributed by atoms with van der Waals surface area (Å²) in [6.07, 6.45) is 0. The predicted octanol–water partition coefficient (Wildman–Crippen LogP) is 0.199. The van der Waals surface area contributed by atoms with Crippen molar-refractivity contribution < 1.29 is 14.5 Å². The highest BCUT2D eigenvalue weighted by Crippen LogP contribution is 2.13. The highest BCUT2D eigenvalue weighted by molar-refractivity contribution is 6.46. The molecule has 0 amide bonds. The summed E-state index contributed by atoms with van der Waals surface area (Å²) in [5.41, 5.74) is 1.67. The molecule has 0 atom stereocenters. The summed E-state index contributed by atoms with van der Waals surface area (Å²) in [5, 5.41) is 9.15. The summed E-state index contributed by atoms with van der Waals surface area (Å²) in [6, 6.07) is 3.77. The average Bonchev–Trinajstić information content (AvgIpc) is 2.29. The molecule has 0 aliphatic carbocycles. The lowest BCUT2D eigenvalue weighted by molar-refractivity contribution is 0.144. The fourth-order valence-electron chi connectivity index (χ4n) is 1.27. The van der Waals surface area contributed by atoms with E-state index in [0.29, 0.717) is 30.5 Å². The molecule has 1 aromatic heterocycles. The van der Waals surface area contributed by atoms with Gasteiger partial charge in [0.15, 0.2) is 0 Å². The Labute approximate surface area is 96.9 Å². The fourth-order valence-corrected chi connectivity index (χ4v) is 1.27. The molecule has 16 heavy (non-hydrogen) atoms. The number of rotatable bonds is 6. The third-order valence-corrected chi connectivity index (χ3v) is 2.25. The normalized spacial score (nSPS) is 10.6. The molecule has 1 heterocycles. The number of hydrogen-bond acceptors (Lipinski definition) is 4. The molecule has 0 aliphatic rings. The standard InChI is InChI=1S/C11H18BNO3/c1-8(2)10-5-4-9(12-14)11(13-10)16-7-6-15-3/h4-5,8,12,14H,6-7H2,1-3H3. The van der Waals surface area contributed by atoms with E-state index in [-0.39, 0.29) is 7.48 Å². The van der Waals surface area contributed by atoms with Crippen molar-refractivity contribution >= 4 is 12.9 Å². The molecule has 0 saturated carbocycles. The first-order chi connectivity index (χ1) is 7.69. The van der Waals surface area contributed by atoms with Gasteiger partial charge in [-0.1, -0.05) is 19.9 Å². The summed E-state index contributed by atoms with van der Waals surface area (Å²) in [5.74, 6) is 0.850. The SMILES string of the molecule is COCCOc1nc(C(C)C)ccc1BO. The van der Waals surface area contributed by atoms with E-state index in [1.165, 1.54) is 0 Å². The van der Waals surface area contributed by atoms with Crippen LogP contribution in [0.1, 0.15) is 25.5 Å². The Morgan fingerprint density at radius 1 is 1.38 bits per heavy atom. The maximum absolute atomic E-state index is 9.15. The van der Waals surface area contributed by atoms with E-state index in [4.69, 9.17) is 14.5 Å². The molecule has 0 saturated heterocycles. The summed E-state index contributed by atoms with van der Waals surface area (Å²) in [6.45, 7) is 5.09. The van der Waals surface area contributed by atoms with Crippen LogP contribution >= 0.6 is 0 Å². The number of hydrogen-bond donors (Lipinski definition) is 1. The third kappa shape index (κ3) is 3.50. The van der Waals surface area contributed by atoms with Crippen molar-refractivity contribution in [3.05, 3.63) is 17.8 Å². The van der Waals surface area contributed by atoms with Gasteiger partial charge in [0.2, 0.25) is 5.88 Å². The maximum Gasteiger partial charge on any atom is 0.310 e. The van der Waals surface area contributed by atoms with Crippen molar-refractivity contribution in [2.45, 2.75) is 19.8 Å². The molecule has 0 aliphatic heterocycles. The van der Waals surface area contributed by atoms with Gasteiger partial charge in [-0.25, -0.2) is 4.98 Å². The lowest BCUT2D eigenvalue weighted by Crippen LogP contribution is -2.21. The molecular weight excluding hydrogens is 205 g/mol. The van der Waals surface area contributed by atoms with Crippen molar-refractivity contribution in [3.8, 4) is 5.88 Å². The first-order valence-corrected chi connectivity index (χ1v) is 5.41. The highest BCUT2D eigenvalue weighted by atomic mass is 16.5. The quantitative estimate of drug-likeness (QED) is 0.552. The van der Waals surface area contributed by atoms with Gasteiger partial charge in [0.1, 0.15) is 6.61 Å². The average molecular weight is 223 g/mol. The molecular formula is C11H18BNO3. The second-order valence-corrected chi connectivity index (χ2v) is 3.85. The molecule has 5 heteroatoms. The second kappa shape index (κ2) is 6.50. The minimum absolute atomic E-state index is 0.0618. The van der Waals surface area contributed by atoms with E-state index < -0.39 is 0 Å². The Balaban J connectivity index is 2.80. The lowest BCUT2D eigenvalue weighted by atomic mass is 9.89. The van der Waals surface area contributed by atoms with Gasteiger partial charge in [-0.3, -0.25) is 0 Å². The minimum atomic E-state index is -0.0618. The van der Waals surface area contributed by atoms with Gasteiger partial charge in [-0.15, -0.1) is 0 Å². The van der Waals surface area contributed by atoms with Crippen LogP contribution in [0.5, 0.6) is 5.88 Å². The van der Waals surface area contributed by atoms with Gasteiger partial charge in [0.25, 0.3) is 0 Å². The van der Waals surface area contributed by atoms with Crippen molar-refractivity contribution in [1.82, 2.24) is 4.98 Å². The smallest absolute Gasteiger partial charge is 0.310 e. The van der Waals surface area contributed by atoms with Crippen LogP contribution in [0, 0.1) is 0 Å². The van der Waals surface area contributed by atoms with Crippen LogP contribution in [0.25, 0.3) is 0 Å². The lowest BCUT2D eigenvalue weighted by Gasteiger charge is -2.11. The van der Waals surface area contributed by atoms with Gasteiger partial charge in [-0.2, -0.15) is 0 Å². The Morgan fingerprint density at radius 2 is 2.12 bits per heavy atom. The van der Waals surface area contributed by atoms with Crippen LogP contribution < -0.4 is 10.2 Å². The third-order valence-electron chi connectivity index (χ3n) is 2.25. The first-order valence-electron chi connectivity index (χ1n) is 5.41. The Hall–Kier alpha value is -1.07. The fraction of sp³-hybridized carbons (Fsp3) is 0.545. The molecule has 1 rings (SSSR count). The minimum Gasteiger partial charge on any atom is -0.476 e. The Bertz CT molecular complexity index is 331. The van der Waals surface area contributed by atoms with Crippen LogP contribution in [0.4, 0.5) is 0 Å². The summed E-state index contributed by atoms with van der Waals surface area (Å²) < 4.78 is 10.4. The molecule has 0 spiro atoms. The number of pyridine rings is 1. The van der Waals surface area contributed by atoms with Gasteiger partial charge in [0, 0.05) is 18.3 Å². The predicted molar refractivity (Wildman–Crippen MR) is 64.7 cm³/mol. The Morgan fingerprint density at radius 3 is 2.69 bits per heavy atom. The van der Waals surface area contributed by atoms with Crippen LogP contribution in [-0.4, -0.2) is 37.8 Å². The molecule has 0 radical (unpaired) electrons. The highest BCUT2D eigenvalue weighted by Gasteiger charge is 2.09. The Kier molecular flexibility index (Phi) is 5.28. The molecule has 88 valence electrons. The first kappa shape index (κ1) is 13.0. The zero-order valence-electron chi connectivity index (χ0n) is 10.1. The monoisotopic (exact) mass is 223 g/mol. The summed E-state index contributed by atoms with van der Waals surface area (Å²) >= 11 is 0. The number of ether oxygens (including phenoxy) is 2. The van der Waals surface area contributed by atoms with Crippen molar-refractivity contribution in [2.24, 2.45) is 0 Å². The molecule has 0 fully saturated rings. The van der Waals surface area contributed by atoms with Crippen molar-refractivity contribution in [1.29, 1.82) is 0 Å². The van der Waals surface area contributed by atoms with E-state index in [1.807, 2.05) is 12.1 Å². The molecule has 1 N–H and O–H groups in total. The van der Waals surface area contributed by atoms with Gasteiger partial charge < -0.3 is 14.5 Å². The van der Waals surface area contributed by atoms with Crippen LogP contribution in [-0.2, 0) is 4.74 Å². The zero-order chi connectivity index (χ0) is 12.0. The van der Waals surface area contributed by atoms with Crippen molar-refractivity contribution in [2.75, 3.05) is 20.3 Å². The molecule has 0 unspecified atom stereocenters. The topological polar surface area (TPSA) is 51.6 Å². The maximum atomic E-state index is 9.15. The second-order valence-electron chi connectivity index (χ2n) is 3.85.